The Morgan fingerprint density at radius 3 is 1.08 bits per heavy atom. The minimum Gasteiger partial charge on any atom is -0.490 e. The Bertz CT molecular complexity index is 1240. The van der Waals surface area contributed by atoms with E-state index in [0.717, 1.165) is 100 Å². The topological polar surface area (TPSA) is 37.4 Å². The van der Waals surface area contributed by atoms with Crippen LogP contribution in [0.25, 0.3) is 0 Å². The Morgan fingerprint density at radius 1 is 0.460 bits per heavy atom. The molecule has 3 fully saturated rings. The van der Waals surface area contributed by atoms with E-state index in [2.05, 4.69) is 87.4 Å². The van der Waals surface area contributed by atoms with Crippen LogP contribution < -0.4 is 14.2 Å². The predicted octanol–water partition coefficient (Wildman–Crippen LogP) is 9.78. The van der Waals surface area contributed by atoms with Crippen LogP contribution >= 0.6 is 11.6 Å². The number of likely N-dealkylation sites (tertiary alicyclic amines) is 3. The van der Waals surface area contributed by atoms with Gasteiger partial charge >= 0.3 is 0 Å². The average Bonchev–Trinajstić information content (AvgIpc) is 3.12. The van der Waals surface area contributed by atoms with Crippen LogP contribution in [0.2, 0.25) is 5.02 Å². The van der Waals surface area contributed by atoms with Crippen molar-refractivity contribution in [3.05, 3.63) is 89.4 Å². The molecule has 0 N–H and O–H groups in total. The molecule has 0 aliphatic carbocycles. The van der Waals surface area contributed by atoms with Crippen molar-refractivity contribution in [1.29, 1.82) is 0 Å². The lowest BCUT2D eigenvalue weighted by molar-refractivity contribution is 0.0841. The number of hydrogen-bond donors (Lipinski definition) is 0. The lowest BCUT2D eigenvalue weighted by atomic mass is 10.1. The quantitative estimate of drug-likeness (QED) is 0.221. The molecule has 3 heterocycles. The molecule has 3 saturated heterocycles. The van der Waals surface area contributed by atoms with E-state index >= 15 is 0 Å². The molecule has 0 amide bonds. The van der Waals surface area contributed by atoms with Gasteiger partial charge in [-0.3, -0.25) is 0 Å². The van der Waals surface area contributed by atoms with E-state index in [1.54, 1.807) is 0 Å². The first-order chi connectivity index (χ1) is 24.0. The lowest BCUT2D eigenvalue weighted by Crippen LogP contribution is -2.41. The van der Waals surface area contributed by atoms with Gasteiger partial charge in [0.15, 0.2) is 0 Å². The largest absolute Gasteiger partial charge is 0.490 e. The predicted molar refractivity (Wildman–Crippen MR) is 210 cm³/mol. The SMILES string of the molecule is CC(C)N1CCC(Oc2ccc(Cl)cc2)CC1.CC(C)N1CCC(Oc2ccccc2)CC1.Cc1ccc(OC2CCN(C(C)C)CC2)cc1. The van der Waals surface area contributed by atoms with Crippen molar-refractivity contribution in [2.75, 3.05) is 39.3 Å². The molecule has 0 aromatic heterocycles. The molecule has 3 aliphatic rings. The number of hydrogen-bond acceptors (Lipinski definition) is 6. The number of halogens is 1. The van der Waals surface area contributed by atoms with Gasteiger partial charge < -0.3 is 28.9 Å². The summed E-state index contributed by atoms with van der Waals surface area (Å²) in [4.78, 5) is 7.54. The molecule has 3 aliphatic heterocycles. The fourth-order valence-corrected chi connectivity index (χ4v) is 6.86. The summed E-state index contributed by atoms with van der Waals surface area (Å²) in [5.41, 5.74) is 1.28. The van der Waals surface area contributed by atoms with Gasteiger partial charge in [-0.25, -0.2) is 0 Å². The number of para-hydroxylation sites is 1. The Kier molecular flexibility index (Phi) is 16.7. The standard InChI is InChI=1S/C15H23NO.C14H20ClNO.C14H21NO/c1-12(2)16-10-8-15(9-11-16)17-14-6-4-13(3)5-7-14;1-11(2)16-9-7-14(8-10-16)17-13-5-3-12(15)4-6-13;1-12(2)15-10-8-14(9-11-15)16-13-6-4-3-5-7-13/h4-7,12,15H,8-11H2,1-3H3;3-6,11,14H,7-10H2,1-2H3;3-7,12,14H,8-11H2,1-2H3. The first kappa shape index (κ1) is 40.0. The van der Waals surface area contributed by atoms with Gasteiger partial charge in [0.05, 0.1) is 0 Å². The number of nitrogens with zero attached hydrogens (tertiary/aromatic N) is 3. The molecule has 6 rings (SSSR count). The molecule has 3 aromatic carbocycles. The molecule has 0 unspecified atom stereocenters. The van der Waals surface area contributed by atoms with Gasteiger partial charge in [-0.05, 0) is 136 Å². The second-order valence-electron chi connectivity index (χ2n) is 14.9. The fourth-order valence-electron chi connectivity index (χ4n) is 6.74. The molecule has 0 radical (unpaired) electrons. The maximum atomic E-state index is 6.01. The maximum absolute atomic E-state index is 6.01. The summed E-state index contributed by atoms with van der Waals surface area (Å²) in [5, 5.41) is 0.756. The van der Waals surface area contributed by atoms with Crippen LogP contribution in [-0.2, 0) is 0 Å². The van der Waals surface area contributed by atoms with Crippen molar-refractivity contribution in [3.8, 4) is 17.2 Å². The summed E-state index contributed by atoms with van der Waals surface area (Å²) in [7, 11) is 0. The normalized spacial score (nSPS) is 18.7. The highest BCUT2D eigenvalue weighted by atomic mass is 35.5. The molecule has 50 heavy (non-hydrogen) atoms. The van der Waals surface area contributed by atoms with E-state index < -0.39 is 0 Å². The zero-order valence-corrected chi connectivity index (χ0v) is 32.7. The van der Waals surface area contributed by atoms with Crippen LogP contribution in [0.15, 0.2) is 78.9 Å². The Balaban J connectivity index is 0.000000169. The van der Waals surface area contributed by atoms with E-state index in [-0.39, 0.29) is 0 Å². The summed E-state index contributed by atoms with van der Waals surface area (Å²) >= 11 is 5.85. The van der Waals surface area contributed by atoms with Gasteiger partial charge in [-0.2, -0.15) is 0 Å². The minimum absolute atomic E-state index is 0.353. The molecular formula is C43H64ClN3O3. The summed E-state index contributed by atoms with van der Waals surface area (Å²) in [6.45, 7) is 22.6. The monoisotopic (exact) mass is 705 g/mol. The highest BCUT2D eigenvalue weighted by Gasteiger charge is 2.24. The molecule has 3 aromatic rings. The molecule has 0 bridgehead atoms. The number of rotatable bonds is 9. The molecule has 0 saturated carbocycles. The Morgan fingerprint density at radius 2 is 0.760 bits per heavy atom. The van der Waals surface area contributed by atoms with Crippen LogP contribution in [0, 0.1) is 6.92 Å². The average molecular weight is 706 g/mol. The fraction of sp³-hybridized carbons (Fsp3) is 0.581. The molecule has 6 nitrogen and oxygen atoms in total. The van der Waals surface area contributed by atoms with Gasteiger partial charge in [0.2, 0.25) is 0 Å². The molecular weight excluding hydrogens is 642 g/mol. The van der Waals surface area contributed by atoms with Crippen molar-refractivity contribution in [2.45, 2.75) is 123 Å². The van der Waals surface area contributed by atoms with Crippen molar-refractivity contribution in [2.24, 2.45) is 0 Å². The van der Waals surface area contributed by atoms with Crippen LogP contribution in [0.4, 0.5) is 0 Å². The number of aryl methyl sites for hydroxylation is 1. The van der Waals surface area contributed by atoms with Crippen molar-refractivity contribution >= 4 is 11.6 Å². The van der Waals surface area contributed by atoms with Gasteiger partial charge in [0.25, 0.3) is 0 Å². The van der Waals surface area contributed by atoms with Crippen molar-refractivity contribution in [1.82, 2.24) is 14.7 Å². The molecule has 7 heteroatoms. The van der Waals surface area contributed by atoms with Crippen molar-refractivity contribution in [3.63, 3.8) is 0 Å². The van der Waals surface area contributed by atoms with Crippen LogP contribution in [-0.4, -0.2) is 90.4 Å². The molecule has 0 atom stereocenters. The highest BCUT2D eigenvalue weighted by Crippen LogP contribution is 2.23. The first-order valence-electron chi connectivity index (χ1n) is 19.1. The third-order valence-corrected chi connectivity index (χ3v) is 10.4. The third-order valence-electron chi connectivity index (χ3n) is 10.1. The second kappa shape index (κ2) is 20.9. The number of benzene rings is 3. The van der Waals surface area contributed by atoms with E-state index in [9.17, 15) is 0 Å². The van der Waals surface area contributed by atoms with E-state index in [1.807, 2.05) is 54.6 Å². The van der Waals surface area contributed by atoms with E-state index in [4.69, 9.17) is 25.8 Å². The summed E-state index contributed by atoms with van der Waals surface area (Å²) in [5.74, 6) is 2.95. The van der Waals surface area contributed by atoms with Gasteiger partial charge in [0, 0.05) is 62.4 Å². The minimum atomic E-state index is 0.353. The van der Waals surface area contributed by atoms with Crippen molar-refractivity contribution < 1.29 is 14.2 Å². The van der Waals surface area contributed by atoms with Crippen LogP contribution in [0.5, 0.6) is 17.2 Å². The lowest BCUT2D eigenvalue weighted by Gasteiger charge is -2.34. The zero-order valence-electron chi connectivity index (χ0n) is 31.9. The highest BCUT2D eigenvalue weighted by molar-refractivity contribution is 6.30. The van der Waals surface area contributed by atoms with Crippen LogP contribution in [0.3, 0.4) is 0 Å². The Hall–Kier alpha value is -2.77. The molecule has 276 valence electrons. The Labute approximate surface area is 309 Å². The third kappa shape index (κ3) is 14.1. The van der Waals surface area contributed by atoms with E-state index in [1.165, 1.54) is 5.56 Å². The summed E-state index contributed by atoms with van der Waals surface area (Å²) < 4.78 is 17.9. The van der Waals surface area contributed by atoms with Gasteiger partial charge in [-0.1, -0.05) is 47.5 Å². The first-order valence-corrected chi connectivity index (χ1v) is 19.5. The second-order valence-corrected chi connectivity index (χ2v) is 15.4. The summed E-state index contributed by atoms with van der Waals surface area (Å²) in [6, 6.07) is 28.1. The summed E-state index contributed by atoms with van der Waals surface area (Å²) in [6.07, 6.45) is 7.95. The van der Waals surface area contributed by atoms with E-state index in [0.29, 0.717) is 36.4 Å². The van der Waals surface area contributed by atoms with Gasteiger partial charge in [0.1, 0.15) is 35.6 Å². The van der Waals surface area contributed by atoms with Gasteiger partial charge in [-0.15, -0.1) is 0 Å². The number of ether oxygens (including phenoxy) is 3. The smallest absolute Gasteiger partial charge is 0.119 e. The zero-order chi connectivity index (χ0) is 35.9. The van der Waals surface area contributed by atoms with Crippen LogP contribution in [0.1, 0.15) is 85.6 Å². The maximum Gasteiger partial charge on any atom is 0.119 e. The number of piperidine rings is 3. The molecule has 0 spiro atoms.